The summed E-state index contributed by atoms with van der Waals surface area (Å²) in [6.07, 6.45) is 6.78. The molecule has 1 fully saturated rings. The van der Waals surface area contributed by atoms with Crippen molar-refractivity contribution in [3.8, 4) is 5.75 Å². The van der Waals surface area contributed by atoms with Crippen molar-refractivity contribution in [1.29, 1.82) is 0 Å². The molecule has 1 aromatic rings. The lowest BCUT2D eigenvalue weighted by Crippen LogP contribution is -2.27. The largest absolute Gasteiger partial charge is 0.465 e. The molecule has 1 unspecified atom stereocenters. The molecule has 9 heteroatoms. The van der Waals surface area contributed by atoms with Crippen LogP contribution in [0.2, 0.25) is 0 Å². The van der Waals surface area contributed by atoms with Gasteiger partial charge in [0.25, 0.3) is 0 Å². The normalized spacial score (nSPS) is 15.6. The fraction of sp³-hybridized carbons (Fsp3) is 0.704. The molecule has 0 bridgehead atoms. The highest BCUT2D eigenvalue weighted by Gasteiger charge is 2.15. The average Bonchev–Trinajstić information content (AvgIpc) is 2.87. The number of esters is 2. The predicted molar refractivity (Wildman–Crippen MR) is 147 cm³/mol. The van der Waals surface area contributed by atoms with Gasteiger partial charge in [-0.05, 0) is 69.4 Å². The summed E-state index contributed by atoms with van der Waals surface area (Å²) in [5, 5.41) is 0. The van der Waals surface area contributed by atoms with Crippen LogP contribution in [0.15, 0.2) is 24.3 Å². The summed E-state index contributed by atoms with van der Waals surface area (Å²) in [6, 6.07) is 7.51. The van der Waals surface area contributed by atoms with Crippen LogP contribution in [0.5, 0.6) is 5.75 Å². The van der Waals surface area contributed by atoms with Crippen LogP contribution in [-0.4, -0.2) is 74.1 Å². The molecule has 0 amide bonds. The van der Waals surface area contributed by atoms with E-state index in [0.29, 0.717) is 25.4 Å². The maximum absolute atomic E-state index is 12.1. The molecule has 1 aliphatic rings. The Hall–Kier alpha value is -1.42. The number of carbonyl (C=O) groups is 2. The maximum atomic E-state index is 12.1. The van der Waals surface area contributed by atoms with Crippen molar-refractivity contribution in [2.45, 2.75) is 71.5 Å². The van der Waals surface area contributed by atoms with Gasteiger partial charge in [-0.2, -0.15) is 0 Å². The molecule has 0 radical (unpaired) electrons. The van der Waals surface area contributed by atoms with Crippen molar-refractivity contribution in [1.82, 2.24) is 4.90 Å². The number of hydrogen-bond acceptors (Lipinski definition) is 9. The number of nitrogens with zero attached hydrogens (tertiary/aromatic N) is 1. The minimum Gasteiger partial charge on any atom is -0.465 e. The van der Waals surface area contributed by atoms with Crippen LogP contribution in [0.1, 0.15) is 64.4 Å². The van der Waals surface area contributed by atoms with E-state index in [0.717, 1.165) is 81.8 Å². The molecule has 0 saturated carbocycles. The van der Waals surface area contributed by atoms with Gasteiger partial charge in [0.1, 0.15) is 19.0 Å². The highest BCUT2D eigenvalue weighted by Crippen LogP contribution is 2.21. The lowest BCUT2D eigenvalue weighted by atomic mass is 10.1. The van der Waals surface area contributed by atoms with Gasteiger partial charge in [-0.25, -0.2) is 0 Å². The van der Waals surface area contributed by atoms with E-state index in [2.05, 4.69) is 18.7 Å². The van der Waals surface area contributed by atoms with Crippen LogP contribution in [-0.2, 0) is 30.2 Å². The second kappa shape index (κ2) is 19.7. The summed E-state index contributed by atoms with van der Waals surface area (Å²) in [6.45, 7) is 9.02. The molecule has 2 rings (SSSR count). The highest BCUT2D eigenvalue weighted by atomic mass is 33.1. The Morgan fingerprint density at radius 1 is 0.944 bits per heavy atom. The first-order valence-electron chi connectivity index (χ1n) is 13.3. The minimum atomic E-state index is -0.241. The summed E-state index contributed by atoms with van der Waals surface area (Å²) >= 11 is 0. The smallest absolute Gasteiger partial charge is 0.310 e. The Balaban J connectivity index is 1.44. The van der Waals surface area contributed by atoms with Crippen LogP contribution in [0.25, 0.3) is 0 Å². The van der Waals surface area contributed by atoms with Gasteiger partial charge >= 0.3 is 11.9 Å². The van der Waals surface area contributed by atoms with Gasteiger partial charge in [0.05, 0.1) is 13.0 Å². The van der Waals surface area contributed by atoms with Crippen LogP contribution in [0, 0.1) is 0 Å². The lowest BCUT2D eigenvalue weighted by Gasteiger charge is -2.23. The van der Waals surface area contributed by atoms with E-state index in [1.165, 1.54) is 0 Å². The third-order valence-corrected chi connectivity index (χ3v) is 7.89. The van der Waals surface area contributed by atoms with E-state index in [4.69, 9.17) is 18.9 Å². The number of rotatable bonds is 19. The summed E-state index contributed by atoms with van der Waals surface area (Å²) < 4.78 is 22.0. The van der Waals surface area contributed by atoms with E-state index in [-0.39, 0.29) is 24.6 Å². The van der Waals surface area contributed by atoms with Crippen LogP contribution >= 0.6 is 21.6 Å². The first-order valence-corrected chi connectivity index (χ1v) is 15.7. The van der Waals surface area contributed by atoms with Gasteiger partial charge in [-0.1, -0.05) is 47.6 Å². The van der Waals surface area contributed by atoms with Crippen molar-refractivity contribution in [2.75, 3.05) is 51.0 Å². The van der Waals surface area contributed by atoms with Crippen LogP contribution < -0.4 is 4.74 Å². The van der Waals surface area contributed by atoms with Gasteiger partial charge in [-0.3, -0.25) is 9.59 Å². The first kappa shape index (κ1) is 30.8. The Morgan fingerprint density at radius 2 is 1.61 bits per heavy atom. The number of carbonyl (C=O) groups excluding carboxylic acids is 2. The molecule has 0 aliphatic carbocycles. The fourth-order valence-electron chi connectivity index (χ4n) is 3.84. The zero-order valence-corrected chi connectivity index (χ0v) is 23.5. The molecule has 7 nitrogen and oxygen atoms in total. The average molecular weight is 542 g/mol. The Morgan fingerprint density at radius 3 is 2.22 bits per heavy atom. The molecule has 1 saturated heterocycles. The molecule has 204 valence electrons. The monoisotopic (exact) mass is 541 g/mol. The molecular weight excluding hydrogens is 498 g/mol. The molecule has 1 atom stereocenters. The number of benzene rings is 1. The minimum absolute atomic E-state index is 0.121. The lowest BCUT2D eigenvalue weighted by molar-refractivity contribution is -0.143. The van der Waals surface area contributed by atoms with Gasteiger partial charge in [-0.15, -0.1) is 0 Å². The van der Waals surface area contributed by atoms with E-state index in [1.54, 1.807) is 21.6 Å². The molecule has 1 aliphatic heterocycles. The third kappa shape index (κ3) is 14.4. The zero-order valence-electron chi connectivity index (χ0n) is 21.9. The van der Waals surface area contributed by atoms with E-state index < -0.39 is 0 Å². The molecule has 0 aromatic heterocycles. The molecule has 1 heterocycles. The summed E-state index contributed by atoms with van der Waals surface area (Å²) in [5.41, 5.74) is 0.893. The fourth-order valence-corrected chi connectivity index (χ4v) is 5.50. The molecule has 36 heavy (non-hydrogen) atoms. The van der Waals surface area contributed by atoms with E-state index in [9.17, 15) is 9.59 Å². The van der Waals surface area contributed by atoms with Crippen molar-refractivity contribution in [2.24, 2.45) is 0 Å². The summed E-state index contributed by atoms with van der Waals surface area (Å²) in [5.74, 6) is 1.81. The van der Waals surface area contributed by atoms with Crippen molar-refractivity contribution < 1.29 is 28.5 Å². The Labute approximate surface area is 224 Å². The van der Waals surface area contributed by atoms with Gasteiger partial charge in [0.2, 0.25) is 0 Å². The first-order chi connectivity index (χ1) is 17.6. The van der Waals surface area contributed by atoms with Crippen LogP contribution in [0.3, 0.4) is 0 Å². The quantitative estimate of drug-likeness (QED) is 0.128. The van der Waals surface area contributed by atoms with Gasteiger partial charge < -0.3 is 23.8 Å². The Bertz CT molecular complexity index is 721. The van der Waals surface area contributed by atoms with Gasteiger partial charge in [0, 0.05) is 24.3 Å². The second-order valence-electron chi connectivity index (χ2n) is 8.76. The molecular formula is C27H43NO6S2. The summed E-state index contributed by atoms with van der Waals surface area (Å²) in [7, 11) is 3.24. The zero-order chi connectivity index (χ0) is 25.8. The van der Waals surface area contributed by atoms with E-state index >= 15 is 0 Å². The molecule has 0 spiro atoms. The topological polar surface area (TPSA) is 74.3 Å². The SMILES string of the molecule is CCCN(CCC)CCCC(=O)OCCSSCCOC(=O)Cc1ccc(OC2CCCCO2)cc1. The highest BCUT2D eigenvalue weighted by molar-refractivity contribution is 8.76. The number of ether oxygens (including phenoxy) is 4. The predicted octanol–water partition coefficient (Wildman–Crippen LogP) is 5.50. The second-order valence-corrected chi connectivity index (χ2v) is 11.5. The van der Waals surface area contributed by atoms with Crippen molar-refractivity contribution in [3.05, 3.63) is 29.8 Å². The standard InChI is InChI=1S/C27H43NO6S2/c1-3-14-28(15-4-2)16-7-8-25(29)31-18-20-35-36-21-19-32-26(30)22-23-10-12-24(13-11-23)34-27-9-5-6-17-33-27/h10-13,27H,3-9,14-22H2,1-2H3. The van der Waals surface area contributed by atoms with Crippen LogP contribution in [0.4, 0.5) is 0 Å². The Kier molecular flexibility index (Phi) is 16.8. The summed E-state index contributed by atoms with van der Waals surface area (Å²) in [4.78, 5) is 26.4. The molecule has 0 N–H and O–H groups in total. The number of hydrogen-bond donors (Lipinski definition) is 0. The van der Waals surface area contributed by atoms with Crippen molar-refractivity contribution >= 4 is 33.5 Å². The third-order valence-electron chi connectivity index (χ3n) is 5.55. The van der Waals surface area contributed by atoms with Crippen molar-refractivity contribution in [3.63, 3.8) is 0 Å². The maximum Gasteiger partial charge on any atom is 0.310 e. The van der Waals surface area contributed by atoms with Gasteiger partial charge in [0.15, 0.2) is 6.29 Å². The molecule has 1 aromatic carbocycles. The van der Waals surface area contributed by atoms with E-state index in [1.807, 2.05) is 24.3 Å².